The third-order valence-corrected chi connectivity index (χ3v) is 4.61. The van der Waals surface area contributed by atoms with E-state index in [2.05, 4.69) is 20.5 Å². The largest absolute Gasteiger partial charge is 0.492 e. The number of rotatable bonds is 10. The lowest BCUT2D eigenvalue weighted by atomic mass is 10.1. The highest BCUT2D eigenvalue weighted by atomic mass is 16.5. The summed E-state index contributed by atoms with van der Waals surface area (Å²) in [6, 6.07) is 7.37. The van der Waals surface area contributed by atoms with Gasteiger partial charge in [0.2, 0.25) is 5.91 Å². The van der Waals surface area contributed by atoms with Crippen molar-refractivity contribution in [3.63, 3.8) is 0 Å². The third-order valence-electron chi connectivity index (χ3n) is 4.61. The Morgan fingerprint density at radius 1 is 1.24 bits per heavy atom. The maximum atomic E-state index is 11.1. The highest BCUT2D eigenvalue weighted by Crippen LogP contribution is 2.17. The van der Waals surface area contributed by atoms with Crippen molar-refractivity contribution in [1.29, 1.82) is 0 Å². The molecule has 0 spiro atoms. The second-order valence-corrected chi connectivity index (χ2v) is 6.94. The number of ether oxygens (including phenoxy) is 3. The molecular formula is C21H34N4O4. The van der Waals surface area contributed by atoms with Crippen LogP contribution in [0.4, 0.5) is 5.69 Å². The average molecular weight is 407 g/mol. The first-order valence-electron chi connectivity index (χ1n) is 10.2. The summed E-state index contributed by atoms with van der Waals surface area (Å²) >= 11 is 0. The van der Waals surface area contributed by atoms with E-state index < -0.39 is 0 Å². The molecule has 0 atom stereocenters. The van der Waals surface area contributed by atoms with Crippen molar-refractivity contribution in [2.24, 2.45) is 4.99 Å². The number of benzene rings is 1. The summed E-state index contributed by atoms with van der Waals surface area (Å²) in [6.45, 7) is 5.98. The molecule has 1 heterocycles. The number of anilines is 1. The molecule has 1 aliphatic rings. The van der Waals surface area contributed by atoms with Gasteiger partial charge in [-0.05, 0) is 31.4 Å². The minimum Gasteiger partial charge on any atom is -0.492 e. The third kappa shape index (κ3) is 8.70. The minimum absolute atomic E-state index is 0.100. The molecule has 0 radical (unpaired) electrons. The van der Waals surface area contributed by atoms with E-state index in [0.717, 1.165) is 63.0 Å². The first-order chi connectivity index (χ1) is 14.1. The van der Waals surface area contributed by atoms with Crippen LogP contribution in [-0.2, 0) is 14.3 Å². The Morgan fingerprint density at radius 2 is 2.03 bits per heavy atom. The quantitative estimate of drug-likeness (QED) is 0.352. The number of nitrogens with one attached hydrogen (secondary N) is 2. The SMILES string of the molecule is CN=C(NCCOc1cccc(NC(C)=O)c1)N1CCC(OCCCOC)CC1. The number of guanidine groups is 1. The second kappa shape index (κ2) is 13.0. The van der Waals surface area contributed by atoms with Crippen LogP contribution in [0, 0.1) is 0 Å². The summed E-state index contributed by atoms with van der Waals surface area (Å²) in [5.41, 5.74) is 0.728. The van der Waals surface area contributed by atoms with Crippen LogP contribution in [0.2, 0.25) is 0 Å². The van der Waals surface area contributed by atoms with Crippen LogP contribution in [-0.4, -0.2) is 76.5 Å². The number of aliphatic imine (C=N–C) groups is 1. The van der Waals surface area contributed by atoms with E-state index in [4.69, 9.17) is 14.2 Å². The molecule has 2 N–H and O–H groups in total. The lowest BCUT2D eigenvalue weighted by Crippen LogP contribution is -2.47. The summed E-state index contributed by atoms with van der Waals surface area (Å²) in [5.74, 6) is 1.51. The van der Waals surface area contributed by atoms with E-state index in [1.807, 2.05) is 24.3 Å². The fourth-order valence-electron chi connectivity index (χ4n) is 3.22. The summed E-state index contributed by atoms with van der Waals surface area (Å²) in [6.07, 6.45) is 3.26. The van der Waals surface area contributed by atoms with Crippen molar-refractivity contribution in [3.05, 3.63) is 24.3 Å². The molecular weight excluding hydrogens is 372 g/mol. The fraction of sp³-hybridized carbons (Fsp3) is 0.619. The smallest absolute Gasteiger partial charge is 0.221 e. The van der Waals surface area contributed by atoms with Crippen molar-refractivity contribution in [3.8, 4) is 5.75 Å². The van der Waals surface area contributed by atoms with Crippen LogP contribution in [0.1, 0.15) is 26.2 Å². The van der Waals surface area contributed by atoms with Gasteiger partial charge in [0.05, 0.1) is 12.6 Å². The molecule has 1 amide bonds. The van der Waals surface area contributed by atoms with Gasteiger partial charge in [0.25, 0.3) is 0 Å². The number of methoxy groups -OCH3 is 1. The van der Waals surface area contributed by atoms with E-state index in [1.54, 1.807) is 14.2 Å². The highest BCUT2D eigenvalue weighted by Gasteiger charge is 2.21. The number of amides is 1. The summed E-state index contributed by atoms with van der Waals surface area (Å²) < 4.78 is 16.7. The van der Waals surface area contributed by atoms with E-state index >= 15 is 0 Å². The molecule has 1 aromatic carbocycles. The van der Waals surface area contributed by atoms with Crippen LogP contribution in [0.5, 0.6) is 5.75 Å². The van der Waals surface area contributed by atoms with E-state index in [-0.39, 0.29) is 5.91 Å². The second-order valence-electron chi connectivity index (χ2n) is 6.94. The molecule has 1 saturated heterocycles. The van der Waals surface area contributed by atoms with Crippen LogP contribution in [0.25, 0.3) is 0 Å². The first-order valence-corrected chi connectivity index (χ1v) is 10.2. The van der Waals surface area contributed by atoms with Crippen molar-refractivity contribution >= 4 is 17.6 Å². The predicted octanol–water partition coefficient (Wildman–Crippen LogP) is 2.12. The van der Waals surface area contributed by atoms with Crippen molar-refractivity contribution in [2.75, 3.05) is 58.9 Å². The number of hydrogen-bond acceptors (Lipinski definition) is 5. The van der Waals surface area contributed by atoms with Crippen molar-refractivity contribution in [1.82, 2.24) is 10.2 Å². The van der Waals surface area contributed by atoms with Gasteiger partial charge in [0, 0.05) is 59.1 Å². The van der Waals surface area contributed by atoms with Gasteiger partial charge in [-0.15, -0.1) is 0 Å². The lowest BCUT2D eigenvalue weighted by Gasteiger charge is -2.34. The van der Waals surface area contributed by atoms with E-state index in [0.29, 0.717) is 19.3 Å². The van der Waals surface area contributed by atoms with Gasteiger partial charge in [0.15, 0.2) is 5.96 Å². The number of carbonyl (C=O) groups excluding carboxylic acids is 1. The molecule has 1 fully saturated rings. The van der Waals surface area contributed by atoms with Gasteiger partial charge in [-0.2, -0.15) is 0 Å². The molecule has 0 bridgehead atoms. The topological polar surface area (TPSA) is 84.4 Å². The zero-order valence-corrected chi connectivity index (χ0v) is 17.8. The fourth-order valence-corrected chi connectivity index (χ4v) is 3.22. The monoisotopic (exact) mass is 406 g/mol. The van der Waals surface area contributed by atoms with Gasteiger partial charge in [-0.25, -0.2) is 0 Å². The Kier molecular flexibility index (Phi) is 10.3. The summed E-state index contributed by atoms with van der Waals surface area (Å²) in [7, 11) is 3.51. The van der Waals surface area contributed by atoms with E-state index in [9.17, 15) is 4.79 Å². The zero-order chi connectivity index (χ0) is 20.9. The van der Waals surface area contributed by atoms with Gasteiger partial charge in [0.1, 0.15) is 12.4 Å². The molecule has 8 nitrogen and oxygen atoms in total. The molecule has 162 valence electrons. The maximum Gasteiger partial charge on any atom is 0.221 e. The maximum absolute atomic E-state index is 11.1. The van der Waals surface area contributed by atoms with E-state index in [1.165, 1.54) is 6.92 Å². The number of piperidine rings is 1. The zero-order valence-electron chi connectivity index (χ0n) is 17.8. The number of hydrogen-bond donors (Lipinski definition) is 2. The predicted molar refractivity (Wildman–Crippen MR) is 115 cm³/mol. The molecule has 1 aliphatic heterocycles. The summed E-state index contributed by atoms with van der Waals surface area (Å²) in [5, 5.41) is 6.11. The van der Waals surface area contributed by atoms with Gasteiger partial charge in [-0.3, -0.25) is 9.79 Å². The van der Waals surface area contributed by atoms with Gasteiger partial charge >= 0.3 is 0 Å². The molecule has 2 rings (SSSR count). The van der Waals surface area contributed by atoms with Gasteiger partial charge in [-0.1, -0.05) is 6.07 Å². The Balaban J connectivity index is 1.66. The van der Waals surface area contributed by atoms with Crippen molar-refractivity contribution in [2.45, 2.75) is 32.3 Å². The van der Waals surface area contributed by atoms with Crippen molar-refractivity contribution < 1.29 is 19.0 Å². The number of likely N-dealkylation sites (tertiary alicyclic amines) is 1. The lowest BCUT2D eigenvalue weighted by molar-refractivity contribution is -0.114. The standard InChI is InChI=1S/C21H34N4O4/c1-17(26)24-18-6-4-7-20(16-18)29-15-10-23-21(22-2)25-11-8-19(9-12-25)28-14-5-13-27-3/h4,6-7,16,19H,5,8-15H2,1-3H3,(H,22,23)(H,24,26). The first kappa shape index (κ1) is 23.0. The molecule has 29 heavy (non-hydrogen) atoms. The van der Waals surface area contributed by atoms with Crippen LogP contribution in [0.3, 0.4) is 0 Å². The van der Waals surface area contributed by atoms with Crippen LogP contribution < -0.4 is 15.4 Å². The normalized spacial score (nSPS) is 15.3. The average Bonchev–Trinajstić information content (AvgIpc) is 2.72. The van der Waals surface area contributed by atoms with Gasteiger partial charge < -0.3 is 29.7 Å². The molecule has 0 saturated carbocycles. The van der Waals surface area contributed by atoms with Crippen LogP contribution in [0.15, 0.2) is 29.3 Å². The molecule has 8 heteroatoms. The minimum atomic E-state index is -0.100. The Hall–Kier alpha value is -2.32. The van der Waals surface area contributed by atoms with Crippen LogP contribution >= 0.6 is 0 Å². The molecule has 1 aromatic rings. The summed E-state index contributed by atoms with van der Waals surface area (Å²) in [4.78, 5) is 17.8. The Bertz CT molecular complexity index is 645. The molecule has 0 aliphatic carbocycles. The highest BCUT2D eigenvalue weighted by molar-refractivity contribution is 5.88. The number of nitrogens with zero attached hydrogens (tertiary/aromatic N) is 2. The number of carbonyl (C=O) groups is 1. The molecule has 0 aromatic heterocycles. The Labute approximate surface area is 173 Å². The molecule has 0 unspecified atom stereocenters. The Morgan fingerprint density at radius 3 is 2.72 bits per heavy atom.